The third-order valence-corrected chi connectivity index (χ3v) is 8.10. The summed E-state index contributed by atoms with van der Waals surface area (Å²) < 4.78 is 0. The molecule has 1 saturated heterocycles. The molecule has 5 amide bonds. The Labute approximate surface area is 226 Å². The van der Waals surface area contributed by atoms with Gasteiger partial charge in [-0.15, -0.1) is 0 Å². The van der Waals surface area contributed by atoms with Crippen LogP contribution < -0.4 is 21.7 Å². The van der Waals surface area contributed by atoms with Crippen molar-refractivity contribution >= 4 is 29.5 Å². The molecule has 3 fully saturated rings. The Bertz CT molecular complexity index is 906. The van der Waals surface area contributed by atoms with Crippen molar-refractivity contribution in [1.29, 1.82) is 0 Å². The lowest BCUT2D eigenvalue weighted by atomic mass is 9.80. The van der Waals surface area contributed by atoms with Gasteiger partial charge in [-0.25, -0.2) is 4.79 Å². The highest BCUT2D eigenvalue weighted by atomic mass is 16.2. The molecular weight excluding hydrogens is 486 g/mol. The lowest BCUT2D eigenvalue weighted by Crippen LogP contribution is -2.61. The molecule has 3 rings (SSSR count). The number of Topliss-reactive ketones (excluding diaryl/α,β-unsaturated/α-hetero) is 1. The molecule has 0 spiro atoms. The number of hydrogen-bond donors (Lipinski definition) is 4. The predicted molar refractivity (Wildman–Crippen MR) is 144 cm³/mol. The van der Waals surface area contributed by atoms with Crippen LogP contribution in [0.25, 0.3) is 0 Å². The van der Waals surface area contributed by atoms with Crippen LogP contribution in [0.3, 0.4) is 0 Å². The molecule has 0 aromatic carbocycles. The minimum atomic E-state index is -0.892. The lowest BCUT2D eigenvalue weighted by molar-refractivity contribution is -0.142. The van der Waals surface area contributed by atoms with E-state index in [4.69, 9.17) is 5.73 Å². The lowest BCUT2D eigenvalue weighted by Gasteiger charge is -2.36. The van der Waals surface area contributed by atoms with E-state index in [1.807, 2.05) is 34.6 Å². The van der Waals surface area contributed by atoms with E-state index in [2.05, 4.69) is 16.0 Å². The van der Waals surface area contributed by atoms with Crippen LogP contribution in [0.4, 0.5) is 4.79 Å². The fraction of sp³-hybridized carbons (Fsp3) is 0.821. The molecule has 1 aliphatic heterocycles. The van der Waals surface area contributed by atoms with Gasteiger partial charge in [-0.05, 0) is 49.4 Å². The number of primary amides is 1. The Morgan fingerprint density at radius 2 is 1.58 bits per heavy atom. The van der Waals surface area contributed by atoms with Gasteiger partial charge in [-0.2, -0.15) is 0 Å². The Morgan fingerprint density at radius 3 is 2.08 bits per heavy atom. The molecular formula is C28H47N5O5. The number of nitrogens with one attached hydrogen (secondary N) is 3. The SMILES string of the molecule is CC(C)[C@H](NC(=O)N[C@H](C(=O)N1CCC[C@H]1C(=O)NC(CC(N)=O)CC1CCC1)C(C)(C)C)C(=O)C1CC1. The van der Waals surface area contributed by atoms with Gasteiger partial charge in [0.1, 0.15) is 12.1 Å². The van der Waals surface area contributed by atoms with E-state index in [0.717, 1.165) is 32.1 Å². The molecule has 1 heterocycles. The van der Waals surface area contributed by atoms with Crippen molar-refractivity contribution in [3.8, 4) is 0 Å². The van der Waals surface area contributed by atoms with Gasteiger partial charge in [0.05, 0.1) is 6.04 Å². The summed E-state index contributed by atoms with van der Waals surface area (Å²) in [5.74, 6) is -0.615. The van der Waals surface area contributed by atoms with Crippen molar-refractivity contribution in [2.75, 3.05) is 6.54 Å². The topological polar surface area (TPSA) is 151 Å². The maximum Gasteiger partial charge on any atom is 0.316 e. The van der Waals surface area contributed by atoms with E-state index in [-0.39, 0.29) is 41.9 Å². The van der Waals surface area contributed by atoms with Gasteiger partial charge >= 0.3 is 6.03 Å². The first-order valence-electron chi connectivity index (χ1n) is 14.3. The second-order valence-corrected chi connectivity index (χ2v) is 12.9. The molecule has 10 heteroatoms. The van der Waals surface area contributed by atoms with Gasteiger partial charge in [-0.3, -0.25) is 19.2 Å². The predicted octanol–water partition coefficient (Wildman–Crippen LogP) is 2.25. The number of amides is 5. The highest BCUT2D eigenvalue weighted by Crippen LogP contribution is 2.33. The van der Waals surface area contributed by atoms with E-state index in [1.54, 1.807) is 4.90 Å². The Balaban J connectivity index is 1.67. The van der Waals surface area contributed by atoms with Crippen LogP contribution >= 0.6 is 0 Å². The fourth-order valence-corrected chi connectivity index (χ4v) is 5.48. The largest absolute Gasteiger partial charge is 0.370 e. The molecule has 0 aromatic heterocycles. The minimum Gasteiger partial charge on any atom is -0.370 e. The summed E-state index contributed by atoms with van der Waals surface area (Å²) in [4.78, 5) is 65.9. The van der Waals surface area contributed by atoms with Crippen molar-refractivity contribution in [3.63, 3.8) is 0 Å². The third kappa shape index (κ3) is 7.93. The monoisotopic (exact) mass is 533 g/mol. The van der Waals surface area contributed by atoms with Gasteiger partial charge in [-0.1, -0.05) is 53.9 Å². The third-order valence-electron chi connectivity index (χ3n) is 8.10. The number of nitrogens with zero attached hydrogens (tertiary/aromatic N) is 1. The second kappa shape index (κ2) is 12.5. The number of rotatable bonds is 12. The zero-order valence-electron chi connectivity index (χ0n) is 23.7. The summed E-state index contributed by atoms with van der Waals surface area (Å²) >= 11 is 0. The Morgan fingerprint density at radius 1 is 0.921 bits per heavy atom. The molecule has 1 unspecified atom stereocenters. The van der Waals surface area contributed by atoms with Crippen molar-refractivity contribution in [2.45, 2.75) is 117 Å². The van der Waals surface area contributed by atoms with E-state index >= 15 is 0 Å². The standard InChI is InChI=1S/C28H47N5O5/c1-16(2)22(23(35)18-11-12-18)31-27(38)32-24(28(3,4)5)26(37)33-13-7-10-20(33)25(36)30-19(15-21(29)34)14-17-8-6-9-17/h16-20,22,24H,6-15H2,1-5H3,(H2,29,34)(H,30,36)(H2,31,32,38)/t19?,20-,22-,24+/m0/s1. The van der Waals surface area contributed by atoms with Gasteiger partial charge < -0.3 is 26.6 Å². The van der Waals surface area contributed by atoms with Crippen molar-refractivity contribution < 1.29 is 24.0 Å². The van der Waals surface area contributed by atoms with Crippen molar-refractivity contribution in [2.24, 2.45) is 28.9 Å². The van der Waals surface area contributed by atoms with Crippen LogP contribution in [0.15, 0.2) is 0 Å². The van der Waals surface area contributed by atoms with Crippen molar-refractivity contribution in [3.05, 3.63) is 0 Å². The Hall–Kier alpha value is -2.65. The average molecular weight is 534 g/mol. The smallest absolute Gasteiger partial charge is 0.316 e. The molecule has 10 nitrogen and oxygen atoms in total. The first kappa shape index (κ1) is 29.9. The van der Waals surface area contributed by atoms with Crippen LogP contribution in [0.1, 0.15) is 92.4 Å². The van der Waals surface area contributed by atoms with Crippen LogP contribution in [-0.4, -0.2) is 65.1 Å². The molecule has 3 aliphatic rings. The summed E-state index contributed by atoms with van der Waals surface area (Å²) in [5.41, 5.74) is 4.80. The second-order valence-electron chi connectivity index (χ2n) is 12.9. The van der Waals surface area contributed by atoms with Gasteiger partial charge in [0.2, 0.25) is 17.7 Å². The molecule has 4 atom stereocenters. The summed E-state index contributed by atoms with van der Waals surface area (Å²) in [6.45, 7) is 9.76. The minimum absolute atomic E-state index is 0.00861. The van der Waals surface area contributed by atoms with Crippen LogP contribution in [-0.2, 0) is 19.2 Å². The highest BCUT2D eigenvalue weighted by molar-refractivity contribution is 5.95. The Kier molecular flexibility index (Phi) is 9.81. The number of nitrogens with two attached hydrogens (primary N) is 1. The number of hydrogen-bond acceptors (Lipinski definition) is 5. The molecule has 38 heavy (non-hydrogen) atoms. The van der Waals surface area contributed by atoms with Crippen LogP contribution in [0, 0.1) is 23.2 Å². The normalized spacial score (nSPS) is 22.3. The van der Waals surface area contributed by atoms with Crippen molar-refractivity contribution in [1.82, 2.24) is 20.9 Å². The quantitative estimate of drug-likeness (QED) is 0.303. The molecule has 2 saturated carbocycles. The first-order valence-corrected chi connectivity index (χ1v) is 14.3. The van der Waals surface area contributed by atoms with Crippen LogP contribution in [0.2, 0.25) is 0 Å². The maximum atomic E-state index is 13.8. The molecule has 0 aromatic rings. The van der Waals surface area contributed by atoms with E-state index in [0.29, 0.717) is 31.7 Å². The molecule has 2 aliphatic carbocycles. The maximum absolute atomic E-state index is 13.8. The fourth-order valence-electron chi connectivity index (χ4n) is 5.48. The van der Waals surface area contributed by atoms with E-state index < -0.39 is 35.5 Å². The van der Waals surface area contributed by atoms with Gasteiger partial charge in [0.15, 0.2) is 5.78 Å². The van der Waals surface area contributed by atoms with Gasteiger partial charge in [0.25, 0.3) is 0 Å². The summed E-state index contributed by atoms with van der Waals surface area (Å²) in [6, 6.07) is -3.08. The summed E-state index contributed by atoms with van der Waals surface area (Å²) in [6.07, 6.45) is 7.01. The number of carbonyl (C=O) groups excluding carboxylic acids is 5. The first-order chi connectivity index (χ1) is 17.8. The molecule has 214 valence electrons. The zero-order chi connectivity index (χ0) is 28.2. The molecule has 5 N–H and O–H groups in total. The number of carbonyl (C=O) groups is 5. The van der Waals surface area contributed by atoms with E-state index in [1.165, 1.54) is 0 Å². The summed E-state index contributed by atoms with van der Waals surface area (Å²) in [5, 5.41) is 8.60. The summed E-state index contributed by atoms with van der Waals surface area (Å²) in [7, 11) is 0. The number of likely N-dealkylation sites (tertiary alicyclic amines) is 1. The van der Waals surface area contributed by atoms with E-state index in [9.17, 15) is 24.0 Å². The molecule has 0 radical (unpaired) electrons. The zero-order valence-corrected chi connectivity index (χ0v) is 23.7. The van der Waals surface area contributed by atoms with Gasteiger partial charge in [0, 0.05) is 24.9 Å². The molecule has 0 bridgehead atoms. The number of urea groups is 1. The average Bonchev–Trinajstić information content (AvgIpc) is 3.51. The van der Waals surface area contributed by atoms with Crippen LogP contribution in [0.5, 0.6) is 0 Å². The number of ketones is 1. The highest BCUT2D eigenvalue weighted by Gasteiger charge is 2.43.